The first-order valence-electron chi connectivity index (χ1n) is 20.1. The topological polar surface area (TPSA) is 136 Å². The van der Waals surface area contributed by atoms with Crippen LogP contribution in [0.3, 0.4) is 0 Å². The molecule has 1 aromatic rings. The van der Waals surface area contributed by atoms with Gasteiger partial charge in [-0.3, -0.25) is 24.0 Å². The quantitative estimate of drug-likeness (QED) is 0.176. The molecular formula is C43H66N4O6. The Kier molecular flexibility index (Phi) is 14.6. The Morgan fingerprint density at radius 2 is 1.57 bits per heavy atom. The molecule has 1 aromatic carbocycles. The van der Waals surface area contributed by atoms with Crippen LogP contribution >= 0.6 is 0 Å². The molecule has 4 rings (SSSR count). The molecule has 0 radical (unpaired) electrons. The summed E-state index contributed by atoms with van der Waals surface area (Å²) in [6.45, 7) is 16.3. The molecule has 3 aliphatic rings. The van der Waals surface area contributed by atoms with E-state index in [2.05, 4.69) is 24.5 Å². The zero-order valence-electron chi connectivity index (χ0n) is 33.5. The summed E-state index contributed by atoms with van der Waals surface area (Å²) in [5.41, 5.74) is -0.0239. The second-order valence-electron chi connectivity index (χ2n) is 18.0. The van der Waals surface area contributed by atoms with E-state index in [1.165, 1.54) is 5.06 Å². The van der Waals surface area contributed by atoms with Crippen molar-refractivity contribution in [3.8, 4) is 0 Å². The fourth-order valence-corrected chi connectivity index (χ4v) is 8.81. The number of hydroxylamine groups is 2. The molecule has 10 heteroatoms. The van der Waals surface area contributed by atoms with Gasteiger partial charge in [0.05, 0.1) is 12.0 Å². The lowest BCUT2D eigenvalue weighted by molar-refractivity contribution is -0.249. The average Bonchev–Trinajstić information content (AvgIpc) is 3.58. The Balaban J connectivity index is 1.57. The van der Waals surface area contributed by atoms with Gasteiger partial charge in [-0.2, -0.15) is 5.06 Å². The van der Waals surface area contributed by atoms with Crippen LogP contribution in [0.5, 0.6) is 0 Å². The van der Waals surface area contributed by atoms with Gasteiger partial charge in [0.2, 0.25) is 17.7 Å². The van der Waals surface area contributed by atoms with Crippen LogP contribution in [0.25, 0.3) is 0 Å². The third-order valence-corrected chi connectivity index (χ3v) is 11.6. The molecule has 3 N–H and O–H groups in total. The van der Waals surface area contributed by atoms with E-state index in [0.29, 0.717) is 64.3 Å². The van der Waals surface area contributed by atoms with E-state index in [1.54, 1.807) is 4.90 Å². The third-order valence-electron chi connectivity index (χ3n) is 11.6. The van der Waals surface area contributed by atoms with Crippen molar-refractivity contribution < 1.29 is 29.2 Å². The van der Waals surface area contributed by atoms with Crippen LogP contribution in [-0.4, -0.2) is 80.2 Å². The monoisotopic (exact) mass is 734 g/mol. The van der Waals surface area contributed by atoms with E-state index in [9.17, 15) is 29.2 Å². The predicted molar refractivity (Wildman–Crippen MR) is 207 cm³/mol. The third kappa shape index (κ3) is 11.3. The standard InChI is InChI=1S/C43H66N4O6/c1-28(2)23-33-21-20-31(24-30-15-10-9-11-16-30)41(52)46-22-14-18-36(46)38(49)25-34(29(3)4)39(50)45-35(40(51)44-33)17-12-13-19-37(48)32-26-42(5,6)47(53)43(7,8)27-32/h9-11,15-16,20-21,28-29,31-36,53H,12-14,17-19,22-27H2,1-8H3,(H,44,51)(H,45,50)/b21-20+. The second kappa shape index (κ2) is 18.3. The van der Waals surface area contributed by atoms with Gasteiger partial charge in [-0.15, -0.1) is 0 Å². The number of fused-ring (bicyclic) bond motifs is 1. The smallest absolute Gasteiger partial charge is 0.243 e. The molecule has 10 nitrogen and oxygen atoms in total. The molecule has 5 atom stereocenters. The summed E-state index contributed by atoms with van der Waals surface area (Å²) in [4.78, 5) is 71.3. The average molecular weight is 735 g/mol. The SMILES string of the molecule is CC(C)CC1/C=C/C(Cc2ccccc2)C(=O)N2CCCC2C(=O)CC(C(C)C)C(=O)NC(CCCCC(=O)C2CC(C)(C)N(O)C(C)(C)C2)C(=O)N1. The normalized spacial score (nSPS) is 28.3. The van der Waals surface area contributed by atoms with Crippen molar-refractivity contribution in [1.82, 2.24) is 20.6 Å². The molecule has 5 unspecified atom stereocenters. The van der Waals surface area contributed by atoms with Crippen LogP contribution in [0.4, 0.5) is 0 Å². The highest BCUT2D eigenvalue weighted by molar-refractivity contribution is 5.95. The Labute approximate surface area is 317 Å². The lowest BCUT2D eigenvalue weighted by atomic mass is 9.73. The van der Waals surface area contributed by atoms with Crippen molar-refractivity contribution in [3.63, 3.8) is 0 Å². The number of ketones is 2. The van der Waals surface area contributed by atoms with Gasteiger partial charge in [-0.05, 0) is 96.5 Å². The number of amides is 3. The van der Waals surface area contributed by atoms with E-state index >= 15 is 0 Å². The maximum atomic E-state index is 14.2. The second-order valence-corrected chi connectivity index (χ2v) is 18.0. The number of benzene rings is 1. The van der Waals surface area contributed by atoms with Gasteiger partial charge in [0, 0.05) is 48.3 Å². The first-order valence-corrected chi connectivity index (χ1v) is 20.1. The highest BCUT2D eigenvalue weighted by Crippen LogP contribution is 2.41. The van der Waals surface area contributed by atoms with Crippen LogP contribution in [0.2, 0.25) is 0 Å². The van der Waals surface area contributed by atoms with E-state index in [4.69, 9.17) is 0 Å². The van der Waals surface area contributed by atoms with Crippen LogP contribution < -0.4 is 10.6 Å². The molecule has 0 aliphatic carbocycles. The number of hydrogen-bond donors (Lipinski definition) is 3. The number of unbranched alkanes of at least 4 members (excludes halogenated alkanes) is 1. The van der Waals surface area contributed by atoms with Gasteiger partial charge in [0.15, 0.2) is 5.78 Å². The molecule has 0 spiro atoms. The zero-order valence-corrected chi connectivity index (χ0v) is 33.5. The first-order chi connectivity index (χ1) is 24.9. The maximum Gasteiger partial charge on any atom is 0.243 e. The van der Waals surface area contributed by atoms with Gasteiger partial charge >= 0.3 is 0 Å². The fourth-order valence-electron chi connectivity index (χ4n) is 8.81. The van der Waals surface area contributed by atoms with Crippen molar-refractivity contribution in [2.45, 2.75) is 155 Å². The van der Waals surface area contributed by atoms with Crippen LogP contribution in [0.1, 0.15) is 125 Å². The summed E-state index contributed by atoms with van der Waals surface area (Å²) >= 11 is 0. The molecule has 0 aromatic heterocycles. The Morgan fingerprint density at radius 1 is 0.906 bits per heavy atom. The number of rotatable bonds is 11. The molecule has 2 fully saturated rings. The molecule has 294 valence electrons. The Morgan fingerprint density at radius 3 is 2.19 bits per heavy atom. The summed E-state index contributed by atoms with van der Waals surface area (Å²) in [5, 5.41) is 18.3. The number of piperidine rings is 1. The molecular weight excluding hydrogens is 668 g/mol. The maximum absolute atomic E-state index is 14.2. The largest absolute Gasteiger partial charge is 0.348 e. The summed E-state index contributed by atoms with van der Waals surface area (Å²) < 4.78 is 0. The lowest BCUT2D eigenvalue weighted by Gasteiger charge is -2.51. The van der Waals surface area contributed by atoms with Gasteiger partial charge < -0.3 is 20.7 Å². The van der Waals surface area contributed by atoms with E-state index in [0.717, 1.165) is 12.0 Å². The minimum absolute atomic E-state index is 0.00466. The summed E-state index contributed by atoms with van der Waals surface area (Å²) in [5.74, 6) is -1.96. The van der Waals surface area contributed by atoms with Crippen LogP contribution in [-0.2, 0) is 30.4 Å². The molecule has 0 bridgehead atoms. The fraction of sp³-hybridized carbons (Fsp3) is 0.698. The minimum Gasteiger partial charge on any atom is -0.348 e. The highest BCUT2D eigenvalue weighted by atomic mass is 16.5. The Bertz CT molecular complexity index is 1450. The number of nitrogens with zero attached hydrogens (tertiary/aromatic N) is 2. The molecule has 2 saturated heterocycles. The summed E-state index contributed by atoms with van der Waals surface area (Å²) in [6.07, 6.45) is 9.22. The predicted octanol–water partition coefficient (Wildman–Crippen LogP) is 6.44. The lowest BCUT2D eigenvalue weighted by Crippen LogP contribution is -2.59. The number of nitrogens with one attached hydrogen (secondary N) is 2. The van der Waals surface area contributed by atoms with E-state index in [-0.39, 0.29) is 59.5 Å². The molecule has 3 aliphatic heterocycles. The van der Waals surface area contributed by atoms with Crippen molar-refractivity contribution >= 4 is 29.3 Å². The van der Waals surface area contributed by atoms with Crippen LogP contribution in [0, 0.1) is 29.6 Å². The van der Waals surface area contributed by atoms with Crippen molar-refractivity contribution in [3.05, 3.63) is 48.0 Å². The minimum atomic E-state index is -0.845. The first kappa shape index (κ1) is 42.4. The number of carbonyl (C=O) groups excluding carboxylic acids is 5. The molecule has 0 saturated carbocycles. The van der Waals surface area contributed by atoms with Crippen molar-refractivity contribution in [1.29, 1.82) is 0 Å². The number of hydrogen-bond acceptors (Lipinski definition) is 7. The van der Waals surface area contributed by atoms with Crippen molar-refractivity contribution in [2.24, 2.45) is 29.6 Å². The highest BCUT2D eigenvalue weighted by Gasteiger charge is 2.47. The van der Waals surface area contributed by atoms with Crippen LogP contribution in [0.15, 0.2) is 42.5 Å². The van der Waals surface area contributed by atoms with Crippen molar-refractivity contribution in [2.75, 3.05) is 6.54 Å². The molecule has 3 heterocycles. The van der Waals surface area contributed by atoms with E-state index < -0.39 is 35.0 Å². The van der Waals surface area contributed by atoms with Gasteiger partial charge in [-0.1, -0.05) is 76.6 Å². The van der Waals surface area contributed by atoms with Gasteiger partial charge in [0.25, 0.3) is 0 Å². The van der Waals surface area contributed by atoms with Gasteiger partial charge in [0.1, 0.15) is 11.8 Å². The Hall–Kier alpha value is -3.37. The summed E-state index contributed by atoms with van der Waals surface area (Å²) in [7, 11) is 0. The number of Topliss-reactive ketones (excluding diaryl/α,β-unsaturated/α-hetero) is 2. The molecule has 3 amide bonds. The summed E-state index contributed by atoms with van der Waals surface area (Å²) in [6, 6.07) is 8.05. The van der Waals surface area contributed by atoms with E-state index in [1.807, 2.05) is 84.0 Å². The number of carbonyl (C=O) groups is 5. The molecule has 53 heavy (non-hydrogen) atoms. The zero-order chi connectivity index (χ0) is 39.1. The van der Waals surface area contributed by atoms with Gasteiger partial charge in [-0.25, -0.2) is 0 Å².